The molecule has 1 fully saturated rings. The fourth-order valence-corrected chi connectivity index (χ4v) is 8.83. The molecule has 170 valence electrons. The Bertz CT molecular complexity index is 1010. The minimum absolute atomic E-state index is 0.114. The Morgan fingerprint density at radius 2 is 1.97 bits per heavy atom. The average Bonchev–Trinajstić information content (AvgIpc) is 3.25. The number of hydrogen-bond donors (Lipinski definition) is 0. The van der Waals surface area contributed by atoms with Crippen LogP contribution in [0.1, 0.15) is 67.6 Å². The molecule has 0 spiro atoms. The number of fused-ring (bicyclic) bond motifs is 2. The molecule has 1 aliphatic heterocycles. The molecule has 2 aromatic rings. The summed E-state index contributed by atoms with van der Waals surface area (Å²) in [7, 11) is 0. The van der Waals surface area contributed by atoms with Gasteiger partial charge in [-0.15, -0.1) is 23.5 Å². The molecule has 2 heterocycles. The van der Waals surface area contributed by atoms with E-state index in [9.17, 15) is 4.79 Å². The minimum atomic E-state index is -0.523. The summed E-state index contributed by atoms with van der Waals surface area (Å²) >= 11 is 4.18. The largest absolute Gasteiger partial charge is 0.470 e. The summed E-state index contributed by atoms with van der Waals surface area (Å²) < 4.78 is 12.4. The fraction of sp³-hybridized carbons (Fsp3) is 0.538. The number of rotatable bonds is 5. The highest BCUT2D eigenvalue weighted by Gasteiger charge is 2.57. The molecule has 0 saturated carbocycles. The molecular weight excluding hydrogens is 438 g/mol. The van der Waals surface area contributed by atoms with E-state index < -0.39 is 5.41 Å². The van der Waals surface area contributed by atoms with Gasteiger partial charge in [0.05, 0.1) is 10.00 Å². The lowest BCUT2D eigenvalue weighted by atomic mass is 9.54. The van der Waals surface area contributed by atoms with Crippen LogP contribution in [0, 0.1) is 17.3 Å². The molecule has 4 unspecified atom stereocenters. The molecule has 3 aliphatic rings. The van der Waals surface area contributed by atoms with E-state index >= 15 is 0 Å². The van der Waals surface area contributed by atoms with E-state index in [0.717, 1.165) is 24.2 Å². The quantitative estimate of drug-likeness (QED) is 0.453. The molecule has 32 heavy (non-hydrogen) atoms. The van der Waals surface area contributed by atoms with E-state index in [-0.39, 0.29) is 17.6 Å². The molecule has 0 amide bonds. The zero-order valence-electron chi connectivity index (χ0n) is 19.0. The Hall–Kier alpha value is -1.66. The maximum atomic E-state index is 14.0. The number of carbonyl (C=O) groups is 1. The Morgan fingerprint density at radius 1 is 1.22 bits per heavy atom. The van der Waals surface area contributed by atoms with E-state index in [1.807, 2.05) is 30.3 Å². The molecular formula is C26H31NO3S2. The summed E-state index contributed by atoms with van der Waals surface area (Å²) in [6, 6.07) is 9.96. The Balaban J connectivity index is 1.48. The zero-order chi connectivity index (χ0) is 22.3. The van der Waals surface area contributed by atoms with Crippen molar-refractivity contribution in [3.05, 3.63) is 58.9 Å². The van der Waals surface area contributed by atoms with Crippen LogP contribution in [0.4, 0.5) is 0 Å². The molecule has 2 aliphatic carbocycles. The first-order valence-electron chi connectivity index (χ1n) is 11.7. The molecule has 1 aromatic heterocycles. The average molecular weight is 470 g/mol. The van der Waals surface area contributed by atoms with Gasteiger partial charge in [0.1, 0.15) is 12.2 Å². The van der Waals surface area contributed by atoms with E-state index in [2.05, 4.69) is 55.5 Å². The molecule has 0 N–H and O–H groups in total. The summed E-state index contributed by atoms with van der Waals surface area (Å²) in [5.74, 6) is 4.60. The van der Waals surface area contributed by atoms with Gasteiger partial charge >= 0.3 is 0 Å². The predicted molar refractivity (Wildman–Crippen MR) is 131 cm³/mol. The van der Waals surface area contributed by atoms with Crippen LogP contribution >= 0.6 is 23.5 Å². The second kappa shape index (κ2) is 8.94. The Morgan fingerprint density at radius 3 is 2.69 bits per heavy atom. The highest BCUT2D eigenvalue weighted by Crippen LogP contribution is 2.59. The van der Waals surface area contributed by atoms with Crippen LogP contribution in [0.2, 0.25) is 0 Å². The van der Waals surface area contributed by atoms with E-state index in [0.29, 0.717) is 28.6 Å². The number of nitrogens with zero attached hydrogens (tertiary/aromatic N) is 1. The number of benzene rings is 1. The maximum absolute atomic E-state index is 14.0. The van der Waals surface area contributed by atoms with Gasteiger partial charge in [0.25, 0.3) is 5.88 Å². The standard InChI is InChI=1S/C26H31NO3S2/c1-4-19-20-14-18(25-31-11-8-12-32-25)13-16(2)26(20,3)23(28)21-22(19)30-27-24(21)29-15-17-9-6-5-7-10-17/h5-7,9-10,13,18-20,25H,4,8,11-12,14-15H2,1-3H3. The Kier molecular flexibility index (Phi) is 6.19. The number of ether oxygens (including phenoxy) is 1. The van der Waals surface area contributed by atoms with Crippen molar-refractivity contribution in [3.63, 3.8) is 0 Å². The third-order valence-electron chi connectivity index (χ3n) is 7.62. The van der Waals surface area contributed by atoms with Gasteiger partial charge < -0.3 is 9.26 Å². The van der Waals surface area contributed by atoms with Crippen LogP contribution in [-0.2, 0) is 6.61 Å². The number of thioether (sulfide) groups is 2. The monoisotopic (exact) mass is 469 g/mol. The zero-order valence-corrected chi connectivity index (χ0v) is 20.6. The minimum Gasteiger partial charge on any atom is -0.470 e. The molecule has 1 saturated heterocycles. The van der Waals surface area contributed by atoms with Crippen molar-refractivity contribution >= 4 is 29.3 Å². The molecule has 4 nitrogen and oxygen atoms in total. The van der Waals surface area contributed by atoms with Crippen molar-refractivity contribution < 1.29 is 14.1 Å². The molecule has 4 atom stereocenters. The lowest BCUT2D eigenvalue weighted by molar-refractivity contribution is 0.0613. The van der Waals surface area contributed by atoms with Gasteiger partial charge in [-0.3, -0.25) is 4.79 Å². The summed E-state index contributed by atoms with van der Waals surface area (Å²) in [5, 5.41) is 4.24. The first-order valence-corrected chi connectivity index (χ1v) is 13.8. The first kappa shape index (κ1) is 22.1. The van der Waals surface area contributed by atoms with Gasteiger partial charge in [-0.2, -0.15) is 0 Å². The number of Topliss-reactive ketones (excluding diaryl/α,β-unsaturated/α-hetero) is 1. The van der Waals surface area contributed by atoms with Crippen LogP contribution in [-0.4, -0.2) is 27.0 Å². The van der Waals surface area contributed by atoms with Crippen LogP contribution in [0.5, 0.6) is 5.88 Å². The summed E-state index contributed by atoms with van der Waals surface area (Å²) in [6.45, 7) is 6.87. The van der Waals surface area contributed by atoms with Gasteiger partial charge in [-0.25, -0.2) is 0 Å². The molecule has 0 bridgehead atoms. The topological polar surface area (TPSA) is 52.3 Å². The lowest BCUT2D eigenvalue weighted by Gasteiger charge is -2.49. The molecule has 1 aromatic carbocycles. The van der Waals surface area contributed by atoms with Crippen LogP contribution < -0.4 is 4.74 Å². The first-order chi connectivity index (χ1) is 15.5. The van der Waals surface area contributed by atoms with Crippen LogP contribution in [0.3, 0.4) is 0 Å². The van der Waals surface area contributed by atoms with Gasteiger partial charge in [0.15, 0.2) is 11.5 Å². The van der Waals surface area contributed by atoms with E-state index in [4.69, 9.17) is 9.26 Å². The van der Waals surface area contributed by atoms with Crippen molar-refractivity contribution in [2.75, 3.05) is 11.5 Å². The van der Waals surface area contributed by atoms with Crippen molar-refractivity contribution in [1.82, 2.24) is 5.16 Å². The number of carbonyl (C=O) groups excluding carboxylic acids is 1. The smallest absolute Gasteiger partial charge is 0.265 e. The number of aromatic nitrogens is 1. The van der Waals surface area contributed by atoms with Crippen molar-refractivity contribution in [2.24, 2.45) is 17.3 Å². The number of allylic oxidation sites excluding steroid dienone is 2. The van der Waals surface area contributed by atoms with Crippen LogP contribution in [0.15, 0.2) is 46.5 Å². The van der Waals surface area contributed by atoms with Gasteiger partial charge in [0.2, 0.25) is 0 Å². The van der Waals surface area contributed by atoms with Crippen molar-refractivity contribution in [1.29, 1.82) is 0 Å². The molecule has 6 heteroatoms. The third-order valence-corrected chi connectivity index (χ3v) is 10.8. The second-order valence-electron chi connectivity index (χ2n) is 9.37. The van der Waals surface area contributed by atoms with E-state index in [1.54, 1.807) is 0 Å². The van der Waals surface area contributed by atoms with Gasteiger partial charge in [-0.05, 0) is 67.2 Å². The SMILES string of the molecule is CCC1c2onc(OCc3ccccc3)c2C(=O)C2(C)C(C)=CC(C3SCCCS3)CC12. The van der Waals surface area contributed by atoms with E-state index in [1.165, 1.54) is 23.5 Å². The molecule has 0 radical (unpaired) electrons. The summed E-state index contributed by atoms with van der Waals surface area (Å²) in [5.41, 5.74) is 2.29. The highest BCUT2D eigenvalue weighted by atomic mass is 32.2. The van der Waals surface area contributed by atoms with Gasteiger partial charge in [0, 0.05) is 5.92 Å². The third kappa shape index (κ3) is 3.63. The summed E-state index contributed by atoms with van der Waals surface area (Å²) in [4.78, 5) is 14.0. The van der Waals surface area contributed by atoms with Crippen molar-refractivity contribution in [2.45, 2.75) is 57.1 Å². The number of ketones is 1. The highest BCUT2D eigenvalue weighted by molar-refractivity contribution is 8.17. The molecule has 5 rings (SSSR count). The fourth-order valence-electron chi connectivity index (χ4n) is 5.73. The summed E-state index contributed by atoms with van der Waals surface area (Å²) in [6.07, 6.45) is 5.66. The predicted octanol–water partition coefficient (Wildman–Crippen LogP) is 6.73. The number of hydrogen-bond acceptors (Lipinski definition) is 6. The van der Waals surface area contributed by atoms with Crippen LogP contribution in [0.25, 0.3) is 0 Å². The maximum Gasteiger partial charge on any atom is 0.265 e. The van der Waals surface area contributed by atoms with Gasteiger partial charge in [-0.1, -0.05) is 48.9 Å². The van der Waals surface area contributed by atoms with Crippen molar-refractivity contribution in [3.8, 4) is 5.88 Å². The lowest BCUT2D eigenvalue weighted by Crippen LogP contribution is -2.48. The Labute approximate surface area is 198 Å². The normalized spacial score (nSPS) is 30.4. The second-order valence-corrected chi connectivity index (χ2v) is 12.2.